The third-order valence-electron chi connectivity index (χ3n) is 2.87. The largest absolute Gasteiger partial charge is 0.103 e. The van der Waals surface area contributed by atoms with Crippen molar-refractivity contribution in [2.24, 2.45) is 17.3 Å². The average molecular weight is 248 g/mol. The summed E-state index contributed by atoms with van der Waals surface area (Å²) >= 11 is 0. The fourth-order valence-corrected chi connectivity index (χ4v) is 2.11. The molecule has 0 heteroatoms. The second-order valence-corrected chi connectivity index (χ2v) is 6.85. The Bertz CT molecular complexity index is 287. The van der Waals surface area contributed by atoms with Gasteiger partial charge in [0.05, 0.1) is 0 Å². The van der Waals surface area contributed by atoms with E-state index < -0.39 is 0 Å². The van der Waals surface area contributed by atoms with Crippen LogP contribution in [-0.2, 0) is 0 Å². The van der Waals surface area contributed by atoms with Gasteiger partial charge in [-0.2, -0.15) is 0 Å². The van der Waals surface area contributed by atoms with Crippen LogP contribution in [0.5, 0.6) is 0 Å². The number of hydrogen-bond acceptors (Lipinski definition) is 0. The van der Waals surface area contributed by atoms with Crippen molar-refractivity contribution in [1.82, 2.24) is 0 Å². The minimum Gasteiger partial charge on any atom is -0.103 e. The Hall–Kier alpha value is -0.780. The maximum Gasteiger partial charge on any atom is -0.0227 e. The molecule has 0 rings (SSSR count). The first-order valence-electron chi connectivity index (χ1n) is 7.25. The first kappa shape index (κ1) is 17.2. The predicted octanol–water partition coefficient (Wildman–Crippen LogP) is 6.16. The van der Waals surface area contributed by atoms with Gasteiger partial charge in [-0.1, -0.05) is 71.4 Å². The van der Waals surface area contributed by atoms with Crippen LogP contribution in [0, 0.1) is 17.3 Å². The van der Waals surface area contributed by atoms with E-state index in [9.17, 15) is 0 Å². The van der Waals surface area contributed by atoms with Gasteiger partial charge in [0.1, 0.15) is 0 Å². The lowest BCUT2D eigenvalue weighted by molar-refractivity contribution is 0.370. The summed E-state index contributed by atoms with van der Waals surface area (Å²) in [6.45, 7) is 17.5. The van der Waals surface area contributed by atoms with Crippen LogP contribution in [0.2, 0.25) is 0 Å². The van der Waals surface area contributed by atoms with Crippen LogP contribution in [0.1, 0.15) is 60.8 Å². The molecule has 18 heavy (non-hydrogen) atoms. The molecule has 0 radical (unpaired) electrons. The van der Waals surface area contributed by atoms with Gasteiger partial charge in [-0.25, -0.2) is 0 Å². The molecule has 0 unspecified atom stereocenters. The molecule has 0 aromatic carbocycles. The summed E-state index contributed by atoms with van der Waals surface area (Å²) in [4.78, 5) is 0. The van der Waals surface area contributed by atoms with Crippen molar-refractivity contribution in [3.63, 3.8) is 0 Å². The van der Waals surface area contributed by atoms with Crippen LogP contribution >= 0.6 is 0 Å². The highest BCUT2D eigenvalue weighted by Gasteiger charge is 2.17. The van der Waals surface area contributed by atoms with E-state index in [0.29, 0.717) is 11.3 Å². The lowest BCUT2D eigenvalue weighted by Gasteiger charge is -2.24. The molecule has 0 aliphatic rings. The predicted molar refractivity (Wildman–Crippen MR) is 84.7 cm³/mol. The fraction of sp³-hybridized carbons (Fsp3) is 0.667. The molecule has 0 saturated heterocycles. The first-order chi connectivity index (χ1) is 8.26. The molecular weight excluding hydrogens is 216 g/mol. The molecule has 0 aliphatic heterocycles. The van der Waals surface area contributed by atoms with Crippen LogP contribution in [0.15, 0.2) is 36.5 Å². The van der Waals surface area contributed by atoms with Gasteiger partial charge in [0, 0.05) is 0 Å². The van der Waals surface area contributed by atoms with E-state index in [2.05, 4.69) is 66.3 Å². The molecule has 0 spiro atoms. The lowest BCUT2D eigenvalue weighted by Crippen LogP contribution is -2.11. The molecule has 0 fully saturated rings. The normalized spacial score (nSPS) is 13.9. The van der Waals surface area contributed by atoms with E-state index in [0.717, 1.165) is 25.2 Å². The zero-order valence-corrected chi connectivity index (χ0v) is 13.3. The monoisotopic (exact) mass is 248 g/mol. The Morgan fingerprint density at radius 2 is 1.78 bits per heavy atom. The molecule has 0 saturated carbocycles. The summed E-state index contributed by atoms with van der Waals surface area (Å²) in [5.74, 6) is 1.35. The van der Waals surface area contributed by atoms with Gasteiger partial charge in [-0.05, 0) is 36.5 Å². The Morgan fingerprint density at radius 1 is 1.17 bits per heavy atom. The van der Waals surface area contributed by atoms with Crippen LogP contribution in [0.3, 0.4) is 0 Å². The van der Waals surface area contributed by atoms with Crippen molar-refractivity contribution in [3.05, 3.63) is 36.5 Å². The quantitative estimate of drug-likeness (QED) is 0.356. The van der Waals surface area contributed by atoms with E-state index in [1.54, 1.807) is 0 Å². The summed E-state index contributed by atoms with van der Waals surface area (Å²) < 4.78 is 0. The molecule has 0 aliphatic carbocycles. The molecule has 0 amide bonds. The smallest absolute Gasteiger partial charge is 0.0227 e. The summed E-state index contributed by atoms with van der Waals surface area (Å²) in [6.07, 6.45) is 12.4. The molecule has 0 N–H and O–H groups in total. The van der Waals surface area contributed by atoms with Crippen molar-refractivity contribution in [3.8, 4) is 0 Å². The van der Waals surface area contributed by atoms with E-state index in [1.165, 1.54) is 5.57 Å². The molecule has 0 heterocycles. The highest BCUT2D eigenvalue weighted by molar-refractivity contribution is 5.21. The third kappa shape index (κ3) is 9.27. The summed E-state index contributed by atoms with van der Waals surface area (Å²) in [7, 11) is 0. The molecule has 0 nitrogen and oxygen atoms in total. The van der Waals surface area contributed by atoms with Crippen molar-refractivity contribution in [2.75, 3.05) is 0 Å². The molecular formula is C18H32. The minimum atomic E-state index is 0.310. The molecule has 0 aromatic rings. The Kier molecular flexibility index (Phi) is 7.98. The fourth-order valence-electron chi connectivity index (χ4n) is 2.11. The lowest BCUT2D eigenvalue weighted by atomic mass is 9.81. The molecule has 0 aromatic heterocycles. The number of allylic oxidation sites excluding steroid dienone is 5. The molecule has 104 valence electrons. The van der Waals surface area contributed by atoms with E-state index >= 15 is 0 Å². The summed E-state index contributed by atoms with van der Waals surface area (Å²) in [6, 6.07) is 0. The Labute approximate surface area is 115 Å². The standard InChI is InChI=1S/C18H32/c1-8-12-18(6,7)14-17(13-16(4)5)11-9-10-15(2)3/h8-9,11,13,15-16H,1,10,12,14H2,2-7H3. The SMILES string of the molecule is C=CCC(C)(C)CC(C=CCC(C)C)=CC(C)C. The van der Waals surface area contributed by atoms with Crippen molar-refractivity contribution < 1.29 is 0 Å². The van der Waals surface area contributed by atoms with Crippen LogP contribution in [0.25, 0.3) is 0 Å². The highest BCUT2D eigenvalue weighted by Crippen LogP contribution is 2.30. The Balaban J connectivity index is 4.70. The number of hydrogen-bond donors (Lipinski definition) is 0. The zero-order valence-electron chi connectivity index (χ0n) is 13.3. The van der Waals surface area contributed by atoms with Gasteiger partial charge in [0.2, 0.25) is 0 Å². The van der Waals surface area contributed by atoms with Gasteiger partial charge >= 0.3 is 0 Å². The molecule has 0 atom stereocenters. The second-order valence-electron chi connectivity index (χ2n) is 6.85. The summed E-state index contributed by atoms with van der Waals surface area (Å²) in [5.41, 5.74) is 1.78. The van der Waals surface area contributed by atoms with Crippen molar-refractivity contribution >= 4 is 0 Å². The highest BCUT2D eigenvalue weighted by atomic mass is 14.2. The van der Waals surface area contributed by atoms with Crippen LogP contribution in [-0.4, -0.2) is 0 Å². The maximum atomic E-state index is 3.86. The van der Waals surface area contributed by atoms with Crippen molar-refractivity contribution in [2.45, 2.75) is 60.8 Å². The Morgan fingerprint density at radius 3 is 2.22 bits per heavy atom. The minimum absolute atomic E-state index is 0.310. The maximum absolute atomic E-state index is 3.86. The molecule has 0 bridgehead atoms. The van der Waals surface area contributed by atoms with Crippen molar-refractivity contribution in [1.29, 1.82) is 0 Å². The van der Waals surface area contributed by atoms with E-state index in [1.807, 2.05) is 6.08 Å². The van der Waals surface area contributed by atoms with Crippen LogP contribution < -0.4 is 0 Å². The van der Waals surface area contributed by atoms with Gasteiger partial charge in [-0.3, -0.25) is 0 Å². The van der Waals surface area contributed by atoms with Crippen LogP contribution in [0.4, 0.5) is 0 Å². The zero-order chi connectivity index (χ0) is 14.2. The van der Waals surface area contributed by atoms with E-state index in [4.69, 9.17) is 0 Å². The topological polar surface area (TPSA) is 0 Å². The first-order valence-corrected chi connectivity index (χ1v) is 7.25. The summed E-state index contributed by atoms with van der Waals surface area (Å²) in [5, 5.41) is 0. The third-order valence-corrected chi connectivity index (χ3v) is 2.87. The number of rotatable bonds is 8. The van der Waals surface area contributed by atoms with E-state index in [-0.39, 0.29) is 0 Å². The van der Waals surface area contributed by atoms with Gasteiger partial charge < -0.3 is 0 Å². The average Bonchev–Trinajstić information content (AvgIpc) is 2.14. The second kappa shape index (κ2) is 8.34. The van der Waals surface area contributed by atoms with Gasteiger partial charge in [0.15, 0.2) is 0 Å². The van der Waals surface area contributed by atoms with Gasteiger partial charge in [0.25, 0.3) is 0 Å². The van der Waals surface area contributed by atoms with Gasteiger partial charge in [-0.15, -0.1) is 6.58 Å².